The lowest BCUT2D eigenvalue weighted by Gasteiger charge is -2.09. The minimum absolute atomic E-state index is 0.249. The lowest BCUT2D eigenvalue weighted by atomic mass is 10.1. The van der Waals surface area contributed by atoms with Crippen molar-refractivity contribution in [2.45, 2.75) is 17.7 Å². The van der Waals surface area contributed by atoms with Crippen LogP contribution in [-0.4, -0.2) is 23.2 Å². The van der Waals surface area contributed by atoms with E-state index in [9.17, 15) is 4.79 Å². The van der Waals surface area contributed by atoms with E-state index in [0.29, 0.717) is 10.8 Å². The number of pyridine rings is 1. The summed E-state index contributed by atoms with van der Waals surface area (Å²) in [6.45, 7) is 2.02. The van der Waals surface area contributed by atoms with Crippen molar-refractivity contribution in [1.29, 1.82) is 0 Å². The highest BCUT2D eigenvalue weighted by molar-refractivity contribution is 7.98. The molecule has 0 radical (unpaired) electrons. The Hall–Kier alpha value is -2.01. The number of aromatic carboxylic acids is 1. The molecule has 0 spiro atoms. The van der Waals surface area contributed by atoms with E-state index in [-0.39, 0.29) is 5.56 Å². The van der Waals surface area contributed by atoms with Gasteiger partial charge in [0.15, 0.2) is 0 Å². The van der Waals surface area contributed by atoms with Gasteiger partial charge in [-0.15, -0.1) is 11.8 Å². The molecule has 0 aliphatic rings. The summed E-state index contributed by atoms with van der Waals surface area (Å²) < 4.78 is 5.32. The molecule has 0 aliphatic heterocycles. The fraction of sp³-hybridized carbons (Fsp3) is 0.200. The van der Waals surface area contributed by atoms with Gasteiger partial charge in [0.2, 0.25) is 0 Å². The molecule has 2 rings (SSSR count). The van der Waals surface area contributed by atoms with E-state index in [4.69, 9.17) is 9.84 Å². The van der Waals surface area contributed by atoms with E-state index < -0.39 is 5.97 Å². The van der Waals surface area contributed by atoms with Gasteiger partial charge in [0.25, 0.3) is 0 Å². The minimum Gasteiger partial charge on any atom is -0.496 e. The molecular weight excluding hydrogens is 274 g/mol. The van der Waals surface area contributed by atoms with E-state index in [0.717, 1.165) is 16.9 Å². The van der Waals surface area contributed by atoms with Crippen LogP contribution in [0.4, 0.5) is 0 Å². The maximum absolute atomic E-state index is 10.9. The Balaban J connectivity index is 2.14. The van der Waals surface area contributed by atoms with E-state index in [2.05, 4.69) is 11.1 Å². The van der Waals surface area contributed by atoms with Crippen molar-refractivity contribution in [2.24, 2.45) is 0 Å². The molecule has 1 aromatic carbocycles. The molecule has 1 aromatic heterocycles. The van der Waals surface area contributed by atoms with Gasteiger partial charge in [0.05, 0.1) is 17.7 Å². The number of hydrogen-bond acceptors (Lipinski definition) is 4. The van der Waals surface area contributed by atoms with Gasteiger partial charge in [-0.1, -0.05) is 17.7 Å². The second-order valence-corrected chi connectivity index (χ2v) is 5.29. The summed E-state index contributed by atoms with van der Waals surface area (Å²) in [6.07, 6.45) is 1.51. The normalized spacial score (nSPS) is 10.3. The monoisotopic (exact) mass is 289 g/mol. The molecule has 0 amide bonds. The number of aromatic nitrogens is 1. The number of aryl methyl sites for hydroxylation is 1. The van der Waals surface area contributed by atoms with Crippen molar-refractivity contribution < 1.29 is 14.6 Å². The summed E-state index contributed by atoms with van der Waals surface area (Å²) in [6, 6.07) is 9.06. The minimum atomic E-state index is -0.942. The van der Waals surface area contributed by atoms with Crippen LogP contribution in [0.25, 0.3) is 0 Å². The predicted molar refractivity (Wildman–Crippen MR) is 78.5 cm³/mol. The van der Waals surface area contributed by atoms with E-state index in [1.165, 1.54) is 24.0 Å². The van der Waals surface area contributed by atoms with Crippen LogP contribution >= 0.6 is 11.8 Å². The molecule has 0 fully saturated rings. The number of carboxylic acid groups (broad SMARTS) is 1. The van der Waals surface area contributed by atoms with Gasteiger partial charge in [-0.2, -0.15) is 0 Å². The number of carbonyl (C=O) groups is 1. The quantitative estimate of drug-likeness (QED) is 0.855. The Morgan fingerprint density at radius 2 is 2.15 bits per heavy atom. The summed E-state index contributed by atoms with van der Waals surface area (Å²) in [5.74, 6) is 0.570. The number of hydrogen-bond donors (Lipinski definition) is 1. The van der Waals surface area contributed by atoms with Crippen LogP contribution in [0.2, 0.25) is 0 Å². The van der Waals surface area contributed by atoms with Crippen LogP contribution < -0.4 is 4.74 Å². The lowest BCUT2D eigenvalue weighted by Crippen LogP contribution is -1.97. The zero-order valence-corrected chi connectivity index (χ0v) is 12.1. The average Bonchev–Trinajstić information content (AvgIpc) is 2.45. The standard InChI is InChI=1S/C15H15NO3S/c1-10-3-4-13(19-2)12(7-10)9-20-14-8-11(15(17)18)5-6-16-14/h3-8H,9H2,1-2H3,(H,17,18). The van der Waals surface area contributed by atoms with Gasteiger partial charge in [0.1, 0.15) is 5.75 Å². The highest BCUT2D eigenvalue weighted by atomic mass is 32.2. The Morgan fingerprint density at radius 1 is 1.35 bits per heavy atom. The third-order valence-corrected chi connectivity index (χ3v) is 3.77. The summed E-state index contributed by atoms with van der Waals surface area (Å²) in [4.78, 5) is 15.1. The fourth-order valence-corrected chi connectivity index (χ4v) is 2.67. The fourth-order valence-electron chi connectivity index (χ4n) is 1.79. The van der Waals surface area contributed by atoms with Crippen LogP contribution in [0.3, 0.4) is 0 Å². The van der Waals surface area contributed by atoms with E-state index in [1.54, 1.807) is 13.2 Å². The Bertz CT molecular complexity index is 628. The van der Waals surface area contributed by atoms with Gasteiger partial charge < -0.3 is 9.84 Å². The molecule has 104 valence electrons. The van der Waals surface area contributed by atoms with Crippen molar-refractivity contribution >= 4 is 17.7 Å². The zero-order valence-electron chi connectivity index (χ0n) is 11.3. The lowest BCUT2D eigenvalue weighted by molar-refractivity contribution is 0.0696. The molecule has 0 saturated carbocycles. The van der Waals surface area contributed by atoms with Crippen LogP contribution in [0.15, 0.2) is 41.6 Å². The first kappa shape index (κ1) is 14.4. The number of methoxy groups -OCH3 is 1. The predicted octanol–water partition coefficient (Wildman–Crippen LogP) is 3.39. The highest BCUT2D eigenvalue weighted by Crippen LogP contribution is 2.28. The molecule has 20 heavy (non-hydrogen) atoms. The molecule has 1 N–H and O–H groups in total. The molecule has 2 aromatic rings. The molecule has 0 saturated heterocycles. The second-order valence-electron chi connectivity index (χ2n) is 4.29. The number of thioether (sulfide) groups is 1. The zero-order chi connectivity index (χ0) is 14.5. The summed E-state index contributed by atoms with van der Waals surface area (Å²) in [7, 11) is 1.64. The summed E-state index contributed by atoms with van der Waals surface area (Å²) in [5, 5.41) is 9.64. The maximum Gasteiger partial charge on any atom is 0.335 e. The highest BCUT2D eigenvalue weighted by Gasteiger charge is 2.07. The molecule has 0 bridgehead atoms. The van der Waals surface area contributed by atoms with Gasteiger partial charge in [-0.05, 0) is 25.1 Å². The van der Waals surface area contributed by atoms with Crippen molar-refractivity contribution in [3.63, 3.8) is 0 Å². The molecule has 0 aliphatic carbocycles. The van der Waals surface area contributed by atoms with Crippen molar-refractivity contribution in [2.75, 3.05) is 7.11 Å². The van der Waals surface area contributed by atoms with Crippen molar-refractivity contribution in [1.82, 2.24) is 4.98 Å². The van der Waals surface area contributed by atoms with Gasteiger partial charge in [-0.3, -0.25) is 0 Å². The van der Waals surface area contributed by atoms with Gasteiger partial charge in [-0.25, -0.2) is 9.78 Å². The van der Waals surface area contributed by atoms with E-state index in [1.807, 2.05) is 19.1 Å². The third-order valence-electron chi connectivity index (χ3n) is 2.79. The Morgan fingerprint density at radius 3 is 2.85 bits per heavy atom. The van der Waals surface area contributed by atoms with Gasteiger partial charge in [0, 0.05) is 17.5 Å². The molecule has 0 unspecified atom stereocenters. The second kappa shape index (κ2) is 6.43. The Labute approximate surface area is 121 Å². The van der Waals surface area contributed by atoms with Crippen molar-refractivity contribution in [3.05, 3.63) is 53.2 Å². The van der Waals surface area contributed by atoms with Crippen LogP contribution in [-0.2, 0) is 5.75 Å². The first-order valence-electron chi connectivity index (χ1n) is 6.06. The number of nitrogens with zero attached hydrogens (tertiary/aromatic N) is 1. The maximum atomic E-state index is 10.9. The van der Waals surface area contributed by atoms with Gasteiger partial charge >= 0.3 is 5.97 Å². The third kappa shape index (κ3) is 3.51. The average molecular weight is 289 g/mol. The molecule has 4 nitrogen and oxygen atoms in total. The smallest absolute Gasteiger partial charge is 0.335 e. The molecular formula is C15H15NO3S. The van der Waals surface area contributed by atoms with E-state index >= 15 is 0 Å². The topological polar surface area (TPSA) is 59.4 Å². The van der Waals surface area contributed by atoms with Crippen molar-refractivity contribution in [3.8, 4) is 5.75 Å². The van der Waals surface area contributed by atoms with Crippen LogP contribution in [0.5, 0.6) is 5.75 Å². The van der Waals surface area contributed by atoms with Crippen LogP contribution in [0.1, 0.15) is 21.5 Å². The number of ether oxygens (including phenoxy) is 1. The van der Waals surface area contributed by atoms with Crippen LogP contribution in [0, 0.1) is 6.92 Å². The molecule has 5 heteroatoms. The number of rotatable bonds is 5. The first-order chi connectivity index (χ1) is 9.60. The molecule has 0 atom stereocenters. The Kier molecular flexibility index (Phi) is 4.63. The first-order valence-corrected chi connectivity index (χ1v) is 7.04. The largest absolute Gasteiger partial charge is 0.496 e. The summed E-state index contributed by atoms with van der Waals surface area (Å²) in [5.41, 5.74) is 2.48. The number of benzene rings is 1. The summed E-state index contributed by atoms with van der Waals surface area (Å²) >= 11 is 1.49. The SMILES string of the molecule is COc1ccc(C)cc1CSc1cc(C(=O)O)ccn1. The molecule has 1 heterocycles. The number of carboxylic acids is 1.